The second-order valence-corrected chi connectivity index (χ2v) is 8.32. The van der Waals surface area contributed by atoms with Crippen LogP contribution in [0.25, 0.3) is 11.0 Å². The normalized spacial score (nSPS) is 15.7. The molecule has 1 atom stereocenters. The Hall–Kier alpha value is -2.38. The van der Waals surface area contributed by atoms with Gasteiger partial charge in [0.2, 0.25) is 5.76 Å². The Labute approximate surface area is 192 Å². The van der Waals surface area contributed by atoms with Crippen LogP contribution in [0.3, 0.4) is 0 Å². The Morgan fingerprint density at radius 2 is 2.27 bits per heavy atom. The quantitative estimate of drug-likeness (QED) is 0.320. The van der Waals surface area contributed by atoms with E-state index in [1.807, 2.05) is 22.6 Å². The number of anilines is 2. The van der Waals surface area contributed by atoms with Gasteiger partial charge in [0.15, 0.2) is 11.7 Å². The lowest BCUT2D eigenvalue weighted by Gasteiger charge is -2.10. The summed E-state index contributed by atoms with van der Waals surface area (Å²) in [6.07, 6.45) is 2.66. The van der Waals surface area contributed by atoms with Crippen molar-refractivity contribution in [1.29, 1.82) is 0 Å². The molecule has 1 amide bonds. The second kappa shape index (κ2) is 8.78. The molecule has 0 radical (unpaired) electrons. The molecular weight excluding hydrogens is 576 g/mol. The molecule has 0 aliphatic carbocycles. The lowest BCUT2D eigenvalue weighted by atomic mass is 10.2. The number of benzene rings is 1. The van der Waals surface area contributed by atoms with Crippen molar-refractivity contribution in [2.45, 2.75) is 6.10 Å². The molecule has 3 heterocycles. The number of hydrogen-bond acceptors (Lipinski definition) is 7. The highest BCUT2D eigenvalue weighted by Gasteiger charge is 2.25. The molecule has 0 bridgehead atoms. The Balaban J connectivity index is 1.59. The molecule has 1 aliphatic heterocycles. The van der Waals surface area contributed by atoms with Gasteiger partial charge < -0.3 is 19.2 Å². The number of carbonyl (C=O) groups excluding carboxylic acids is 1. The molecule has 1 fully saturated rings. The predicted octanol–water partition coefficient (Wildman–Crippen LogP) is 4.63. The molecule has 8 nitrogen and oxygen atoms in total. The molecule has 0 saturated carbocycles. The van der Waals surface area contributed by atoms with Crippen molar-refractivity contribution in [2.24, 2.45) is 0 Å². The van der Waals surface area contributed by atoms with E-state index in [9.17, 15) is 9.18 Å². The van der Waals surface area contributed by atoms with Crippen molar-refractivity contribution in [2.75, 3.05) is 18.5 Å². The van der Waals surface area contributed by atoms with Gasteiger partial charge in [-0.3, -0.25) is 14.6 Å². The largest absolute Gasteiger partial charge is 0.462 e. The standard InChI is InChI=1S/C19H14BrFIN3O5/c1-9-27-7-11(29-9)8-28-25-19(26)18-16(12-5-23-6-13(20)17(12)30-18)24-15-3-2-10(22)4-14(15)21/h2-6,11,24H,1,7-8H2,(H,25,26)/t11-/m1/s1. The summed E-state index contributed by atoms with van der Waals surface area (Å²) in [6.45, 7) is 3.86. The van der Waals surface area contributed by atoms with Crippen LogP contribution in [0.5, 0.6) is 0 Å². The summed E-state index contributed by atoms with van der Waals surface area (Å²) in [7, 11) is 0. The fourth-order valence-corrected chi connectivity index (χ4v) is 3.62. The third-order valence-corrected chi connectivity index (χ3v) is 5.35. The number of nitrogens with zero attached hydrogens (tertiary/aromatic N) is 1. The number of fused-ring (bicyclic) bond motifs is 1. The van der Waals surface area contributed by atoms with Crippen molar-refractivity contribution in [3.8, 4) is 0 Å². The van der Waals surface area contributed by atoms with Gasteiger partial charge in [0.1, 0.15) is 24.7 Å². The van der Waals surface area contributed by atoms with E-state index in [4.69, 9.17) is 18.7 Å². The number of hydrogen-bond donors (Lipinski definition) is 2. The molecule has 1 aliphatic rings. The highest BCUT2D eigenvalue weighted by Crippen LogP contribution is 2.37. The maximum Gasteiger partial charge on any atom is 0.312 e. The van der Waals surface area contributed by atoms with Gasteiger partial charge in [0.05, 0.1) is 15.5 Å². The highest BCUT2D eigenvalue weighted by atomic mass is 127. The first-order valence-corrected chi connectivity index (χ1v) is 10.5. The average molecular weight is 590 g/mol. The van der Waals surface area contributed by atoms with E-state index in [1.54, 1.807) is 12.1 Å². The van der Waals surface area contributed by atoms with Gasteiger partial charge >= 0.3 is 5.91 Å². The maximum absolute atomic E-state index is 14.4. The monoisotopic (exact) mass is 589 g/mol. The first-order chi connectivity index (χ1) is 14.4. The molecule has 2 aromatic heterocycles. The van der Waals surface area contributed by atoms with E-state index in [0.29, 0.717) is 15.4 Å². The number of nitrogens with one attached hydrogen (secondary N) is 2. The highest BCUT2D eigenvalue weighted by molar-refractivity contribution is 14.1. The number of hydroxylamine groups is 1. The summed E-state index contributed by atoms with van der Waals surface area (Å²) in [6, 6.07) is 4.69. The van der Waals surface area contributed by atoms with Crippen LogP contribution in [0, 0.1) is 9.39 Å². The first-order valence-electron chi connectivity index (χ1n) is 8.61. The number of ether oxygens (including phenoxy) is 2. The van der Waals surface area contributed by atoms with Crippen LogP contribution in [0.4, 0.5) is 15.8 Å². The Kier molecular flexibility index (Phi) is 6.11. The minimum atomic E-state index is -0.663. The smallest absolute Gasteiger partial charge is 0.312 e. The molecule has 1 saturated heterocycles. The van der Waals surface area contributed by atoms with Crippen LogP contribution in [0.15, 0.2) is 52.0 Å². The molecule has 2 N–H and O–H groups in total. The number of carbonyl (C=O) groups is 1. The molecule has 1 aromatic carbocycles. The molecule has 11 heteroatoms. The Morgan fingerprint density at radius 1 is 1.43 bits per heavy atom. The number of pyridine rings is 1. The minimum absolute atomic E-state index is 0.0464. The maximum atomic E-state index is 14.4. The van der Waals surface area contributed by atoms with E-state index < -0.39 is 11.7 Å². The van der Waals surface area contributed by atoms with Crippen molar-refractivity contribution < 1.29 is 27.9 Å². The van der Waals surface area contributed by atoms with Gasteiger partial charge in [-0.1, -0.05) is 0 Å². The van der Waals surface area contributed by atoms with Gasteiger partial charge in [0.25, 0.3) is 5.95 Å². The van der Waals surface area contributed by atoms with Crippen LogP contribution < -0.4 is 10.8 Å². The van der Waals surface area contributed by atoms with E-state index in [0.717, 1.165) is 3.57 Å². The van der Waals surface area contributed by atoms with Crippen LogP contribution >= 0.6 is 38.5 Å². The van der Waals surface area contributed by atoms with Gasteiger partial charge in [-0.15, -0.1) is 0 Å². The third-order valence-electron chi connectivity index (χ3n) is 4.11. The van der Waals surface area contributed by atoms with Crippen molar-refractivity contribution in [1.82, 2.24) is 10.5 Å². The molecule has 3 aromatic rings. The number of furan rings is 1. The van der Waals surface area contributed by atoms with E-state index >= 15 is 0 Å². The zero-order valence-electron chi connectivity index (χ0n) is 15.2. The van der Waals surface area contributed by atoms with Crippen LogP contribution in [-0.2, 0) is 14.3 Å². The lowest BCUT2D eigenvalue weighted by Crippen LogP contribution is -2.29. The van der Waals surface area contributed by atoms with Crippen LogP contribution in [0.1, 0.15) is 10.6 Å². The zero-order chi connectivity index (χ0) is 21.3. The van der Waals surface area contributed by atoms with Gasteiger partial charge in [-0.05, 0) is 63.3 Å². The van der Waals surface area contributed by atoms with Crippen LogP contribution in [0.2, 0.25) is 0 Å². The lowest BCUT2D eigenvalue weighted by molar-refractivity contribution is -0.00931. The van der Waals surface area contributed by atoms with Crippen molar-refractivity contribution in [3.63, 3.8) is 0 Å². The molecule has 4 rings (SSSR count). The van der Waals surface area contributed by atoms with Gasteiger partial charge in [0, 0.05) is 16.0 Å². The Bertz CT molecular complexity index is 1140. The van der Waals surface area contributed by atoms with Crippen LogP contribution in [-0.4, -0.2) is 30.2 Å². The van der Waals surface area contributed by atoms with Crippen molar-refractivity contribution in [3.05, 3.63) is 62.7 Å². The van der Waals surface area contributed by atoms with E-state index in [-0.39, 0.29) is 42.4 Å². The third kappa shape index (κ3) is 4.37. The Morgan fingerprint density at radius 3 is 3.00 bits per heavy atom. The molecular formula is C19H14BrFIN3O5. The van der Waals surface area contributed by atoms with E-state index in [2.05, 4.69) is 38.3 Å². The average Bonchev–Trinajstić information content (AvgIpc) is 3.28. The number of rotatable bonds is 6. The minimum Gasteiger partial charge on any atom is -0.462 e. The second-order valence-electron chi connectivity index (χ2n) is 6.22. The number of amides is 1. The van der Waals surface area contributed by atoms with Gasteiger partial charge in [-0.25, -0.2) is 9.87 Å². The zero-order valence-corrected chi connectivity index (χ0v) is 19.0. The van der Waals surface area contributed by atoms with Gasteiger partial charge in [-0.2, -0.15) is 0 Å². The summed E-state index contributed by atoms with van der Waals surface area (Å²) < 4.78 is 31.7. The van der Waals surface area contributed by atoms with Crippen molar-refractivity contribution >= 4 is 66.8 Å². The summed E-state index contributed by atoms with van der Waals surface area (Å²) in [5.74, 6) is -1.02. The summed E-state index contributed by atoms with van der Waals surface area (Å²) in [5.41, 5.74) is 3.13. The summed E-state index contributed by atoms with van der Waals surface area (Å²) >= 11 is 5.36. The summed E-state index contributed by atoms with van der Waals surface area (Å²) in [4.78, 5) is 22.0. The topological polar surface area (TPSA) is 94.9 Å². The molecule has 30 heavy (non-hydrogen) atoms. The number of aromatic nitrogens is 1. The number of halogens is 3. The predicted molar refractivity (Wildman–Crippen MR) is 117 cm³/mol. The first kappa shape index (κ1) is 20.9. The molecule has 0 unspecified atom stereocenters. The fourth-order valence-electron chi connectivity index (χ4n) is 2.76. The van der Waals surface area contributed by atoms with E-state index in [1.165, 1.54) is 18.5 Å². The fraction of sp³-hybridized carbons (Fsp3) is 0.158. The molecule has 156 valence electrons. The SMILES string of the molecule is C=C1OC[C@H](CONC(=O)c2oc3c(Br)cncc3c2Nc2ccc(I)cc2F)O1. The summed E-state index contributed by atoms with van der Waals surface area (Å²) in [5, 5.41) is 3.43. The molecule has 0 spiro atoms.